The van der Waals surface area contributed by atoms with E-state index in [1.807, 2.05) is 6.92 Å². The van der Waals surface area contributed by atoms with Crippen molar-refractivity contribution in [3.63, 3.8) is 0 Å². The van der Waals surface area contributed by atoms with E-state index in [4.69, 9.17) is 0 Å². The van der Waals surface area contributed by atoms with Crippen molar-refractivity contribution in [2.45, 2.75) is 25.8 Å². The highest BCUT2D eigenvalue weighted by Gasteiger charge is 2.26. The molecule has 1 saturated carbocycles. The molecule has 5 nitrogen and oxygen atoms in total. The lowest BCUT2D eigenvalue weighted by Gasteiger charge is -2.09. The van der Waals surface area contributed by atoms with Crippen LogP contribution in [0, 0.1) is 12.7 Å². The second kappa shape index (κ2) is 4.51. The lowest BCUT2D eigenvalue weighted by atomic mass is 10.2. The van der Waals surface area contributed by atoms with Gasteiger partial charge in [-0.15, -0.1) is 0 Å². The molecule has 0 spiro atoms. The van der Waals surface area contributed by atoms with Crippen molar-refractivity contribution in [1.82, 2.24) is 19.5 Å². The van der Waals surface area contributed by atoms with E-state index in [0.717, 1.165) is 11.2 Å². The molecule has 1 aliphatic carbocycles. The number of anilines is 2. The van der Waals surface area contributed by atoms with E-state index in [1.165, 1.54) is 31.3 Å². The third-order valence-electron chi connectivity index (χ3n) is 3.75. The molecule has 1 aromatic carbocycles. The second-order valence-electron chi connectivity index (χ2n) is 5.36. The van der Waals surface area contributed by atoms with Gasteiger partial charge < -0.3 is 9.88 Å². The Balaban J connectivity index is 1.78. The molecule has 0 amide bonds. The van der Waals surface area contributed by atoms with Crippen molar-refractivity contribution in [3.8, 4) is 0 Å². The molecule has 0 radical (unpaired) electrons. The summed E-state index contributed by atoms with van der Waals surface area (Å²) in [4.78, 5) is 13.0. The number of hydrogen-bond donors (Lipinski definition) is 1. The van der Waals surface area contributed by atoms with E-state index >= 15 is 0 Å². The Kier molecular flexibility index (Phi) is 2.63. The molecule has 21 heavy (non-hydrogen) atoms. The van der Waals surface area contributed by atoms with Crippen LogP contribution in [0.3, 0.4) is 0 Å². The zero-order chi connectivity index (χ0) is 14.4. The van der Waals surface area contributed by atoms with Gasteiger partial charge in [0.1, 0.15) is 12.1 Å². The van der Waals surface area contributed by atoms with Crippen LogP contribution in [-0.4, -0.2) is 19.5 Å². The minimum Gasteiger partial charge on any atom is -0.338 e. The van der Waals surface area contributed by atoms with Gasteiger partial charge in [0.15, 0.2) is 17.0 Å². The van der Waals surface area contributed by atoms with Gasteiger partial charge in [0, 0.05) is 11.7 Å². The molecule has 2 aromatic heterocycles. The van der Waals surface area contributed by atoms with Gasteiger partial charge in [-0.3, -0.25) is 0 Å². The predicted molar refractivity (Wildman–Crippen MR) is 78.0 cm³/mol. The molecular weight excluding hydrogens is 269 g/mol. The Bertz CT molecular complexity index is 822. The molecule has 1 aliphatic rings. The van der Waals surface area contributed by atoms with Gasteiger partial charge in [0.2, 0.25) is 0 Å². The third-order valence-corrected chi connectivity index (χ3v) is 3.75. The standard InChI is InChI=1S/C15H14FN5/c1-9-2-3-10(16)6-12(9)20-14-13-15(18-7-17-14)21(8-19-13)11-4-5-11/h2-3,6-8,11H,4-5H2,1H3,(H,17,18,20). The third kappa shape index (κ3) is 2.12. The number of rotatable bonds is 3. The summed E-state index contributed by atoms with van der Waals surface area (Å²) in [7, 11) is 0. The molecule has 0 bridgehead atoms. The summed E-state index contributed by atoms with van der Waals surface area (Å²) in [5, 5.41) is 3.16. The van der Waals surface area contributed by atoms with Crippen LogP contribution in [-0.2, 0) is 0 Å². The van der Waals surface area contributed by atoms with E-state index in [-0.39, 0.29) is 5.82 Å². The average molecular weight is 283 g/mol. The van der Waals surface area contributed by atoms with Crippen LogP contribution in [0.25, 0.3) is 11.2 Å². The minimum atomic E-state index is -0.281. The molecule has 106 valence electrons. The number of aromatic nitrogens is 4. The van der Waals surface area contributed by atoms with Gasteiger partial charge in [-0.1, -0.05) is 6.07 Å². The van der Waals surface area contributed by atoms with Crippen LogP contribution < -0.4 is 5.32 Å². The van der Waals surface area contributed by atoms with Gasteiger partial charge in [0.05, 0.1) is 6.33 Å². The summed E-state index contributed by atoms with van der Waals surface area (Å²) in [6.45, 7) is 1.92. The molecule has 0 unspecified atom stereocenters. The van der Waals surface area contributed by atoms with Gasteiger partial charge in [0.25, 0.3) is 0 Å². The molecule has 0 saturated heterocycles. The fourth-order valence-electron chi connectivity index (χ4n) is 2.42. The Morgan fingerprint density at radius 2 is 2.10 bits per heavy atom. The molecule has 2 heterocycles. The highest BCUT2D eigenvalue weighted by Crippen LogP contribution is 2.37. The number of fused-ring (bicyclic) bond motifs is 1. The first-order valence-electron chi connectivity index (χ1n) is 6.93. The normalized spacial score (nSPS) is 14.6. The molecule has 0 aliphatic heterocycles. The zero-order valence-corrected chi connectivity index (χ0v) is 11.5. The van der Waals surface area contributed by atoms with Crippen LogP contribution in [0.15, 0.2) is 30.9 Å². The van der Waals surface area contributed by atoms with Crippen molar-refractivity contribution >= 4 is 22.7 Å². The SMILES string of the molecule is Cc1ccc(F)cc1Nc1ncnc2c1ncn2C1CC1. The van der Waals surface area contributed by atoms with Crippen LogP contribution in [0.1, 0.15) is 24.4 Å². The lowest BCUT2D eigenvalue weighted by Crippen LogP contribution is -1.99. The topological polar surface area (TPSA) is 55.6 Å². The Morgan fingerprint density at radius 3 is 2.90 bits per heavy atom. The number of aryl methyl sites for hydroxylation is 1. The van der Waals surface area contributed by atoms with Crippen molar-refractivity contribution in [2.75, 3.05) is 5.32 Å². The fraction of sp³-hybridized carbons (Fsp3) is 0.267. The average Bonchev–Trinajstić information content (AvgIpc) is 3.23. The summed E-state index contributed by atoms with van der Waals surface area (Å²) in [6, 6.07) is 5.14. The summed E-state index contributed by atoms with van der Waals surface area (Å²) in [5.74, 6) is 0.324. The van der Waals surface area contributed by atoms with Crippen molar-refractivity contribution in [1.29, 1.82) is 0 Å². The number of nitrogens with one attached hydrogen (secondary N) is 1. The van der Waals surface area contributed by atoms with Crippen LogP contribution in [0.2, 0.25) is 0 Å². The highest BCUT2D eigenvalue weighted by molar-refractivity contribution is 5.85. The first-order chi connectivity index (χ1) is 10.2. The van der Waals surface area contributed by atoms with Crippen LogP contribution in [0.4, 0.5) is 15.9 Å². The molecular formula is C15H14FN5. The zero-order valence-electron chi connectivity index (χ0n) is 11.5. The first-order valence-corrected chi connectivity index (χ1v) is 6.93. The quantitative estimate of drug-likeness (QED) is 0.801. The molecule has 4 rings (SSSR count). The van der Waals surface area contributed by atoms with Gasteiger partial charge in [-0.25, -0.2) is 19.3 Å². The van der Waals surface area contributed by atoms with Crippen LogP contribution >= 0.6 is 0 Å². The number of halogens is 1. The number of imidazole rings is 1. The summed E-state index contributed by atoms with van der Waals surface area (Å²) < 4.78 is 15.5. The summed E-state index contributed by atoms with van der Waals surface area (Å²) in [5.41, 5.74) is 3.18. The van der Waals surface area contributed by atoms with Gasteiger partial charge >= 0.3 is 0 Å². The Morgan fingerprint density at radius 1 is 1.24 bits per heavy atom. The maximum Gasteiger partial charge on any atom is 0.165 e. The maximum absolute atomic E-state index is 13.4. The summed E-state index contributed by atoms with van der Waals surface area (Å²) in [6.07, 6.45) is 5.66. The lowest BCUT2D eigenvalue weighted by molar-refractivity contribution is 0.628. The van der Waals surface area contributed by atoms with E-state index in [1.54, 1.807) is 12.4 Å². The molecule has 3 aromatic rings. The minimum absolute atomic E-state index is 0.281. The number of benzene rings is 1. The van der Waals surface area contributed by atoms with E-state index in [9.17, 15) is 4.39 Å². The fourth-order valence-corrected chi connectivity index (χ4v) is 2.42. The van der Waals surface area contributed by atoms with E-state index < -0.39 is 0 Å². The smallest absolute Gasteiger partial charge is 0.165 e. The molecule has 1 N–H and O–H groups in total. The molecule has 0 atom stereocenters. The second-order valence-corrected chi connectivity index (χ2v) is 5.36. The highest BCUT2D eigenvalue weighted by atomic mass is 19.1. The van der Waals surface area contributed by atoms with Crippen molar-refractivity contribution in [3.05, 3.63) is 42.2 Å². The van der Waals surface area contributed by atoms with Gasteiger partial charge in [-0.2, -0.15) is 0 Å². The van der Waals surface area contributed by atoms with E-state index in [0.29, 0.717) is 23.1 Å². The van der Waals surface area contributed by atoms with Crippen LogP contribution in [0.5, 0.6) is 0 Å². The first kappa shape index (κ1) is 12.3. The number of nitrogens with zero attached hydrogens (tertiary/aromatic N) is 4. The molecule has 1 fully saturated rings. The monoisotopic (exact) mass is 283 g/mol. The largest absolute Gasteiger partial charge is 0.338 e. The predicted octanol–water partition coefficient (Wildman–Crippen LogP) is 3.35. The van der Waals surface area contributed by atoms with Crippen molar-refractivity contribution < 1.29 is 4.39 Å². The Labute approximate surface area is 120 Å². The Hall–Kier alpha value is -2.50. The molecule has 6 heteroatoms. The number of hydrogen-bond acceptors (Lipinski definition) is 4. The maximum atomic E-state index is 13.4. The van der Waals surface area contributed by atoms with Crippen molar-refractivity contribution in [2.24, 2.45) is 0 Å². The van der Waals surface area contributed by atoms with E-state index in [2.05, 4.69) is 24.8 Å². The summed E-state index contributed by atoms with van der Waals surface area (Å²) >= 11 is 0. The van der Waals surface area contributed by atoms with Gasteiger partial charge in [-0.05, 0) is 37.5 Å².